The Labute approximate surface area is 166 Å². The van der Waals surface area contributed by atoms with Gasteiger partial charge in [-0.15, -0.1) is 0 Å². The Morgan fingerprint density at radius 2 is 1.43 bits per heavy atom. The van der Waals surface area contributed by atoms with Crippen LogP contribution in [-0.4, -0.2) is 61.6 Å². The number of hydrogen-bond donors (Lipinski definition) is 1. The summed E-state index contributed by atoms with van der Waals surface area (Å²) in [7, 11) is 2.95. The number of rotatable bonds is 9. The van der Waals surface area contributed by atoms with Crippen molar-refractivity contribution in [3.63, 3.8) is 0 Å². The zero-order valence-corrected chi connectivity index (χ0v) is 17.6. The van der Waals surface area contributed by atoms with Crippen molar-refractivity contribution in [1.29, 1.82) is 0 Å². The summed E-state index contributed by atoms with van der Waals surface area (Å²) in [5.41, 5.74) is 0.277. The predicted molar refractivity (Wildman–Crippen MR) is 105 cm³/mol. The van der Waals surface area contributed by atoms with Crippen molar-refractivity contribution in [2.75, 3.05) is 20.8 Å². The van der Waals surface area contributed by atoms with Gasteiger partial charge in [0.1, 0.15) is 18.0 Å². The fourth-order valence-corrected chi connectivity index (χ4v) is 2.80. The summed E-state index contributed by atoms with van der Waals surface area (Å²) in [6.45, 7) is 8.75. The number of nitrogens with zero attached hydrogens (tertiary/aromatic N) is 1. The van der Waals surface area contributed by atoms with E-state index in [4.69, 9.17) is 14.2 Å². The molecule has 1 atom stereocenters. The van der Waals surface area contributed by atoms with Crippen molar-refractivity contribution in [3.8, 4) is 11.5 Å². The van der Waals surface area contributed by atoms with Gasteiger partial charge >= 0.3 is 5.97 Å². The Hall–Kier alpha value is -2.77. The smallest absolute Gasteiger partial charge is 0.326 e. The van der Waals surface area contributed by atoms with Gasteiger partial charge in [0.25, 0.3) is 11.8 Å². The Bertz CT molecular complexity index is 672. The molecule has 28 heavy (non-hydrogen) atoms. The van der Waals surface area contributed by atoms with Gasteiger partial charge in [0.05, 0.1) is 14.2 Å². The molecule has 0 radical (unpaired) electrons. The number of methoxy groups -OCH3 is 2. The van der Waals surface area contributed by atoms with E-state index in [0.717, 1.165) is 0 Å². The standard InChI is InChI=1S/C20H30N2O6/c1-12(2)22(13(3)4)20(25)14(5)28-18(23)11-21-19(24)15-8-16(26-6)10-17(9-15)27-7/h8-10,12-14H,11H2,1-7H3,(H,21,24). The molecule has 1 aromatic rings. The van der Waals surface area contributed by atoms with E-state index < -0.39 is 18.0 Å². The van der Waals surface area contributed by atoms with Crippen LogP contribution < -0.4 is 14.8 Å². The molecule has 8 nitrogen and oxygen atoms in total. The number of esters is 1. The van der Waals surface area contributed by atoms with Gasteiger partial charge in [-0.2, -0.15) is 0 Å². The first-order chi connectivity index (χ1) is 13.1. The van der Waals surface area contributed by atoms with Crippen molar-refractivity contribution < 1.29 is 28.6 Å². The number of amides is 2. The van der Waals surface area contributed by atoms with Crippen LogP contribution in [0.15, 0.2) is 18.2 Å². The van der Waals surface area contributed by atoms with Gasteiger partial charge in [-0.05, 0) is 46.8 Å². The first-order valence-corrected chi connectivity index (χ1v) is 9.13. The molecule has 0 fully saturated rings. The average Bonchev–Trinajstić information content (AvgIpc) is 2.64. The van der Waals surface area contributed by atoms with Crippen LogP contribution in [0.1, 0.15) is 45.0 Å². The molecular formula is C20H30N2O6. The number of hydrogen-bond acceptors (Lipinski definition) is 6. The van der Waals surface area contributed by atoms with E-state index >= 15 is 0 Å². The van der Waals surface area contributed by atoms with Crippen LogP contribution >= 0.6 is 0 Å². The SMILES string of the molecule is COc1cc(OC)cc(C(=O)NCC(=O)OC(C)C(=O)N(C(C)C)C(C)C)c1. The second-order valence-electron chi connectivity index (χ2n) is 6.85. The summed E-state index contributed by atoms with van der Waals surface area (Å²) in [5, 5.41) is 2.47. The van der Waals surface area contributed by atoms with Crippen LogP contribution in [0.25, 0.3) is 0 Å². The zero-order valence-electron chi connectivity index (χ0n) is 17.6. The van der Waals surface area contributed by atoms with Crippen molar-refractivity contribution in [3.05, 3.63) is 23.8 Å². The van der Waals surface area contributed by atoms with Crippen molar-refractivity contribution >= 4 is 17.8 Å². The van der Waals surface area contributed by atoms with Gasteiger partial charge in [0, 0.05) is 23.7 Å². The molecule has 0 aromatic heterocycles. The van der Waals surface area contributed by atoms with E-state index in [9.17, 15) is 14.4 Å². The van der Waals surface area contributed by atoms with Crippen LogP contribution in [0, 0.1) is 0 Å². The zero-order chi connectivity index (χ0) is 21.4. The van der Waals surface area contributed by atoms with Crippen LogP contribution in [0.3, 0.4) is 0 Å². The van der Waals surface area contributed by atoms with Gasteiger partial charge in [0.15, 0.2) is 6.10 Å². The second-order valence-corrected chi connectivity index (χ2v) is 6.85. The average molecular weight is 394 g/mol. The lowest BCUT2D eigenvalue weighted by molar-refractivity contribution is -0.160. The molecule has 1 aromatic carbocycles. The molecule has 8 heteroatoms. The third kappa shape index (κ3) is 6.44. The summed E-state index contributed by atoms with van der Waals surface area (Å²) in [6.07, 6.45) is -0.939. The van der Waals surface area contributed by atoms with E-state index in [1.54, 1.807) is 11.0 Å². The number of carbonyl (C=O) groups is 3. The molecule has 1 N–H and O–H groups in total. The van der Waals surface area contributed by atoms with E-state index in [1.807, 2.05) is 27.7 Å². The molecule has 0 aliphatic rings. The lowest BCUT2D eigenvalue weighted by Gasteiger charge is -2.32. The number of carbonyl (C=O) groups excluding carboxylic acids is 3. The van der Waals surface area contributed by atoms with E-state index in [0.29, 0.717) is 11.5 Å². The van der Waals surface area contributed by atoms with Gasteiger partial charge in [0.2, 0.25) is 0 Å². The fourth-order valence-electron chi connectivity index (χ4n) is 2.80. The highest BCUT2D eigenvalue weighted by atomic mass is 16.5. The molecule has 1 unspecified atom stereocenters. The quantitative estimate of drug-likeness (QED) is 0.644. The second kappa shape index (κ2) is 10.5. The molecule has 0 saturated carbocycles. The monoisotopic (exact) mass is 394 g/mol. The maximum Gasteiger partial charge on any atom is 0.326 e. The Morgan fingerprint density at radius 3 is 1.86 bits per heavy atom. The largest absolute Gasteiger partial charge is 0.497 e. The molecule has 2 amide bonds. The molecule has 0 aliphatic heterocycles. The first kappa shape index (κ1) is 23.3. The Kier molecular flexibility index (Phi) is 8.76. The van der Waals surface area contributed by atoms with Gasteiger partial charge in [-0.25, -0.2) is 0 Å². The highest BCUT2D eigenvalue weighted by Gasteiger charge is 2.27. The predicted octanol–water partition coefficient (Wildman–Crippen LogP) is 2.01. The molecule has 1 rings (SSSR count). The van der Waals surface area contributed by atoms with E-state index in [-0.39, 0.29) is 30.1 Å². The van der Waals surface area contributed by atoms with Crippen LogP contribution in [0.4, 0.5) is 0 Å². The maximum atomic E-state index is 12.5. The lowest BCUT2D eigenvalue weighted by Crippen LogP contribution is -2.48. The summed E-state index contributed by atoms with van der Waals surface area (Å²) >= 11 is 0. The maximum absolute atomic E-state index is 12.5. The van der Waals surface area contributed by atoms with Gasteiger partial charge in [-0.3, -0.25) is 14.4 Å². The Balaban J connectivity index is 2.67. The van der Waals surface area contributed by atoms with E-state index in [1.165, 1.54) is 33.3 Å². The third-order valence-electron chi connectivity index (χ3n) is 4.03. The fraction of sp³-hybridized carbons (Fsp3) is 0.550. The first-order valence-electron chi connectivity index (χ1n) is 9.13. The summed E-state index contributed by atoms with van der Waals surface area (Å²) < 4.78 is 15.4. The van der Waals surface area contributed by atoms with Crippen molar-refractivity contribution in [1.82, 2.24) is 10.2 Å². The normalized spacial score (nSPS) is 11.8. The minimum absolute atomic E-state index is 0.0172. The molecule has 0 spiro atoms. The topological polar surface area (TPSA) is 94.2 Å². The van der Waals surface area contributed by atoms with Crippen LogP contribution in [-0.2, 0) is 14.3 Å². The molecule has 0 aliphatic carbocycles. The van der Waals surface area contributed by atoms with Crippen molar-refractivity contribution in [2.24, 2.45) is 0 Å². The summed E-state index contributed by atoms with van der Waals surface area (Å²) in [5.74, 6) is -0.555. The number of nitrogens with one attached hydrogen (secondary N) is 1. The summed E-state index contributed by atoms with van der Waals surface area (Å²) in [4.78, 5) is 38.5. The van der Waals surface area contributed by atoms with Gasteiger partial charge < -0.3 is 24.4 Å². The van der Waals surface area contributed by atoms with Crippen LogP contribution in [0.5, 0.6) is 11.5 Å². The van der Waals surface area contributed by atoms with Crippen LogP contribution in [0.2, 0.25) is 0 Å². The molecule has 0 heterocycles. The lowest BCUT2D eigenvalue weighted by atomic mass is 10.2. The van der Waals surface area contributed by atoms with Crippen molar-refractivity contribution in [2.45, 2.75) is 52.8 Å². The minimum atomic E-state index is -0.939. The number of ether oxygens (including phenoxy) is 3. The van der Waals surface area contributed by atoms with E-state index in [2.05, 4.69) is 5.32 Å². The molecule has 156 valence electrons. The molecular weight excluding hydrogens is 364 g/mol. The third-order valence-corrected chi connectivity index (χ3v) is 4.03. The Morgan fingerprint density at radius 1 is 0.929 bits per heavy atom. The highest BCUT2D eigenvalue weighted by Crippen LogP contribution is 2.22. The summed E-state index contributed by atoms with van der Waals surface area (Å²) in [6, 6.07) is 4.65. The molecule has 0 bridgehead atoms. The minimum Gasteiger partial charge on any atom is -0.497 e. The number of benzene rings is 1. The highest BCUT2D eigenvalue weighted by molar-refractivity contribution is 5.97. The molecule has 0 saturated heterocycles. The van der Waals surface area contributed by atoms with Gasteiger partial charge in [-0.1, -0.05) is 0 Å².